The molecular formula is C7H10BrN3O. The van der Waals surface area contributed by atoms with Gasteiger partial charge in [-0.25, -0.2) is 9.97 Å². The minimum atomic E-state index is 0.326. The van der Waals surface area contributed by atoms with Gasteiger partial charge in [-0.1, -0.05) is 6.92 Å². The Hall–Kier alpha value is -0.840. The van der Waals surface area contributed by atoms with Crippen LogP contribution in [-0.2, 0) is 0 Å². The van der Waals surface area contributed by atoms with Gasteiger partial charge >= 0.3 is 0 Å². The smallest absolute Gasteiger partial charge is 0.258 e. The lowest BCUT2D eigenvalue weighted by Gasteiger charge is -2.04. The van der Waals surface area contributed by atoms with E-state index in [0.717, 1.165) is 6.42 Å². The molecule has 0 saturated heterocycles. The van der Waals surface area contributed by atoms with Crippen LogP contribution in [0.2, 0.25) is 0 Å². The third-order valence-electron chi connectivity index (χ3n) is 1.18. The molecule has 0 saturated carbocycles. The molecule has 0 atom stereocenters. The standard InChI is InChI=1S/C7H10BrN3O/c1-2-3-12-7-6(9)10-4-5(8)11-7/h4H,2-3H2,1H3,(H2,9,10). The Bertz CT molecular complexity index is 267. The monoisotopic (exact) mass is 231 g/mol. The van der Waals surface area contributed by atoms with E-state index < -0.39 is 0 Å². The molecule has 2 N–H and O–H groups in total. The summed E-state index contributed by atoms with van der Waals surface area (Å²) in [6.07, 6.45) is 2.46. The summed E-state index contributed by atoms with van der Waals surface area (Å²) in [5.74, 6) is 0.720. The van der Waals surface area contributed by atoms with Crippen molar-refractivity contribution in [2.45, 2.75) is 13.3 Å². The summed E-state index contributed by atoms with van der Waals surface area (Å²) >= 11 is 3.18. The molecule has 0 bridgehead atoms. The van der Waals surface area contributed by atoms with Crippen molar-refractivity contribution in [2.24, 2.45) is 0 Å². The number of nitrogens with zero attached hydrogens (tertiary/aromatic N) is 2. The summed E-state index contributed by atoms with van der Waals surface area (Å²) in [6, 6.07) is 0. The second-order valence-electron chi connectivity index (χ2n) is 2.23. The van der Waals surface area contributed by atoms with Crippen molar-refractivity contribution in [2.75, 3.05) is 12.3 Å². The molecule has 0 fully saturated rings. The molecule has 4 nitrogen and oxygen atoms in total. The molecule has 0 aromatic carbocycles. The summed E-state index contributed by atoms with van der Waals surface area (Å²) in [4.78, 5) is 7.89. The Balaban J connectivity index is 2.75. The van der Waals surface area contributed by atoms with Gasteiger partial charge in [-0.2, -0.15) is 0 Å². The van der Waals surface area contributed by atoms with Crippen molar-refractivity contribution < 1.29 is 4.74 Å². The number of nitrogen functional groups attached to an aromatic ring is 1. The number of halogens is 1. The van der Waals surface area contributed by atoms with Crippen LogP contribution in [0.25, 0.3) is 0 Å². The lowest BCUT2D eigenvalue weighted by atomic mass is 10.5. The molecule has 0 aliphatic heterocycles. The second-order valence-corrected chi connectivity index (χ2v) is 3.04. The van der Waals surface area contributed by atoms with Crippen LogP contribution in [0.5, 0.6) is 5.88 Å². The second kappa shape index (κ2) is 4.25. The first-order valence-corrected chi connectivity index (χ1v) is 4.44. The highest BCUT2D eigenvalue weighted by atomic mass is 79.9. The summed E-state index contributed by atoms with van der Waals surface area (Å²) in [5.41, 5.74) is 5.51. The number of hydrogen-bond acceptors (Lipinski definition) is 4. The van der Waals surface area contributed by atoms with Gasteiger partial charge in [0.15, 0.2) is 5.82 Å². The largest absolute Gasteiger partial charge is 0.475 e. The fourth-order valence-electron chi connectivity index (χ4n) is 0.666. The van der Waals surface area contributed by atoms with Crippen molar-refractivity contribution in [3.05, 3.63) is 10.8 Å². The van der Waals surface area contributed by atoms with Gasteiger partial charge in [0, 0.05) is 0 Å². The van der Waals surface area contributed by atoms with Crippen molar-refractivity contribution in [3.63, 3.8) is 0 Å². The van der Waals surface area contributed by atoms with Crippen LogP contribution >= 0.6 is 15.9 Å². The maximum absolute atomic E-state index is 5.51. The van der Waals surface area contributed by atoms with Crippen LogP contribution in [0.15, 0.2) is 10.8 Å². The predicted octanol–water partition coefficient (Wildman–Crippen LogP) is 1.61. The number of anilines is 1. The zero-order chi connectivity index (χ0) is 8.97. The van der Waals surface area contributed by atoms with Crippen LogP contribution in [0.3, 0.4) is 0 Å². The van der Waals surface area contributed by atoms with E-state index in [2.05, 4.69) is 25.9 Å². The Morgan fingerprint density at radius 2 is 2.42 bits per heavy atom. The molecule has 66 valence electrons. The van der Waals surface area contributed by atoms with E-state index in [1.807, 2.05) is 6.92 Å². The molecule has 0 unspecified atom stereocenters. The molecule has 0 spiro atoms. The number of nitrogens with two attached hydrogens (primary N) is 1. The average Bonchev–Trinajstić information content (AvgIpc) is 2.07. The summed E-state index contributed by atoms with van der Waals surface area (Å²) in [7, 11) is 0. The molecule has 0 aliphatic carbocycles. The molecule has 0 aliphatic rings. The van der Waals surface area contributed by atoms with E-state index >= 15 is 0 Å². The fourth-order valence-corrected chi connectivity index (χ4v) is 0.930. The normalized spacial score (nSPS) is 9.83. The number of hydrogen-bond donors (Lipinski definition) is 1. The van der Waals surface area contributed by atoms with E-state index in [1.54, 1.807) is 0 Å². The SMILES string of the molecule is CCCOc1nc(Br)cnc1N. The molecule has 1 aromatic heterocycles. The van der Waals surface area contributed by atoms with Gasteiger partial charge in [0.2, 0.25) is 0 Å². The highest BCUT2D eigenvalue weighted by Crippen LogP contribution is 2.17. The maximum Gasteiger partial charge on any atom is 0.258 e. The maximum atomic E-state index is 5.51. The van der Waals surface area contributed by atoms with Gasteiger partial charge in [0.05, 0.1) is 12.8 Å². The lowest BCUT2D eigenvalue weighted by molar-refractivity contribution is 0.305. The van der Waals surface area contributed by atoms with Crippen LogP contribution < -0.4 is 10.5 Å². The van der Waals surface area contributed by atoms with Crippen LogP contribution in [0.1, 0.15) is 13.3 Å². The van der Waals surface area contributed by atoms with Gasteiger partial charge in [-0.05, 0) is 22.4 Å². The first-order chi connectivity index (χ1) is 5.74. The van der Waals surface area contributed by atoms with E-state index in [4.69, 9.17) is 10.5 Å². The van der Waals surface area contributed by atoms with Gasteiger partial charge in [0.25, 0.3) is 5.88 Å². The third-order valence-corrected chi connectivity index (χ3v) is 1.56. The molecule has 12 heavy (non-hydrogen) atoms. The Kier molecular flexibility index (Phi) is 3.28. The molecule has 1 heterocycles. The first-order valence-electron chi connectivity index (χ1n) is 3.65. The fraction of sp³-hybridized carbons (Fsp3) is 0.429. The number of rotatable bonds is 3. The Morgan fingerprint density at radius 1 is 1.67 bits per heavy atom. The highest BCUT2D eigenvalue weighted by molar-refractivity contribution is 9.10. The first kappa shape index (κ1) is 9.25. The van der Waals surface area contributed by atoms with Gasteiger partial charge in [-0.3, -0.25) is 0 Å². The average molecular weight is 232 g/mol. The number of ether oxygens (including phenoxy) is 1. The van der Waals surface area contributed by atoms with E-state index in [0.29, 0.717) is 22.9 Å². The lowest BCUT2D eigenvalue weighted by Crippen LogP contribution is -2.03. The van der Waals surface area contributed by atoms with Gasteiger partial charge in [-0.15, -0.1) is 0 Å². The van der Waals surface area contributed by atoms with E-state index in [1.165, 1.54) is 6.20 Å². The Morgan fingerprint density at radius 3 is 3.08 bits per heavy atom. The Labute approximate surface area is 79.3 Å². The molecule has 0 radical (unpaired) electrons. The minimum absolute atomic E-state index is 0.326. The van der Waals surface area contributed by atoms with Crippen LogP contribution in [0, 0.1) is 0 Å². The van der Waals surface area contributed by atoms with Gasteiger partial charge in [0.1, 0.15) is 4.60 Å². The van der Waals surface area contributed by atoms with Crippen molar-refractivity contribution in [1.82, 2.24) is 9.97 Å². The molecular weight excluding hydrogens is 222 g/mol. The summed E-state index contributed by atoms with van der Waals surface area (Å²) < 4.78 is 5.87. The molecule has 1 rings (SSSR count). The predicted molar refractivity (Wildman–Crippen MR) is 49.9 cm³/mol. The summed E-state index contributed by atoms with van der Waals surface area (Å²) in [6.45, 7) is 2.62. The third kappa shape index (κ3) is 2.34. The molecule has 5 heteroatoms. The zero-order valence-electron chi connectivity index (χ0n) is 6.75. The van der Waals surface area contributed by atoms with Gasteiger partial charge < -0.3 is 10.5 Å². The quantitative estimate of drug-likeness (QED) is 0.859. The van der Waals surface area contributed by atoms with E-state index in [9.17, 15) is 0 Å². The van der Waals surface area contributed by atoms with Crippen LogP contribution in [0.4, 0.5) is 5.82 Å². The zero-order valence-corrected chi connectivity index (χ0v) is 8.34. The highest BCUT2D eigenvalue weighted by Gasteiger charge is 2.02. The van der Waals surface area contributed by atoms with Crippen molar-refractivity contribution in [1.29, 1.82) is 0 Å². The number of aromatic nitrogens is 2. The van der Waals surface area contributed by atoms with Crippen molar-refractivity contribution in [3.8, 4) is 5.88 Å². The molecule has 0 amide bonds. The van der Waals surface area contributed by atoms with Crippen molar-refractivity contribution >= 4 is 21.7 Å². The minimum Gasteiger partial charge on any atom is -0.475 e. The molecule has 1 aromatic rings. The van der Waals surface area contributed by atoms with Crippen LogP contribution in [-0.4, -0.2) is 16.6 Å². The summed E-state index contributed by atoms with van der Waals surface area (Å²) in [5, 5.41) is 0. The topological polar surface area (TPSA) is 61.0 Å². The van der Waals surface area contributed by atoms with E-state index in [-0.39, 0.29) is 0 Å².